The minimum absolute atomic E-state index is 0.527. The Kier molecular flexibility index (Phi) is 23.2. The monoisotopic (exact) mass is 604 g/mol. The number of aromatic nitrogens is 2. The van der Waals surface area contributed by atoms with Crippen molar-refractivity contribution in [1.29, 1.82) is 0 Å². The summed E-state index contributed by atoms with van der Waals surface area (Å²) in [5.74, 6) is 1.05. The maximum Gasteiger partial charge on any atom is 0.171 e. The third-order valence-corrected chi connectivity index (χ3v) is 5.62. The molecule has 0 amide bonds. The van der Waals surface area contributed by atoms with Crippen molar-refractivity contribution in [2.75, 3.05) is 91.0 Å². The molecule has 0 unspecified atom stereocenters. The summed E-state index contributed by atoms with van der Waals surface area (Å²) < 4.78 is 36.5. The lowest BCUT2D eigenvalue weighted by Gasteiger charge is -2.06. The molecule has 0 aliphatic rings. The third-order valence-electron chi connectivity index (χ3n) is 5.31. The van der Waals surface area contributed by atoms with Crippen LogP contribution in [0.4, 0.5) is 0 Å². The fourth-order valence-corrected chi connectivity index (χ4v) is 4.00. The number of rotatable bonds is 22. The fraction of sp³-hybridized carbons (Fsp3) is 0.667. The van der Waals surface area contributed by atoms with Crippen molar-refractivity contribution in [1.82, 2.24) is 0 Å². The summed E-state index contributed by atoms with van der Waals surface area (Å²) in [6.45, 7) is 17.5. The van der Waals surface area contributed by atoms with Gasteiger partial charge in [-0.25, -0.2) is 9.13 Å². The van der Waals surface area contributed by atoms with E-state index in [1.54, 1.807) is 0 Å². The van der Waals surface area contributed by atoms with E-state index in [0.29, 0.717) is 91.0 Å². The summed E-state index contributed by atoms with van der Waals surface area (Å²) in [6, 6.07) is 4.35. The summed E-state index contributed by atoms with van der Waals surface area (Å²) in [6.07, 6.45) is 8.56. The molecular weight excluding hydrogens is 555 g/mol. The zero-order valence-electron chi connectivity index (χ0n) is 24.9. The molecule has 0 fully saturated rings. The van der Waals surface area contributed by atoms with Crippen LogP contribution in [0.2, 0.25) is 0 Å². The molecule has 2 heterocycles. The van der Waals surface area contributed by atoms with Crippen molar-refractivity contribution >= 4 is 23.2 Å². The van der Waals surface area contributed by atoms with E-state index in [2.05, 4.69) is 73.7 Å². The Morgan fingerprint density at radius 1 is 0.425 bits per heavy atom. The van der Waals surface area contributed by atoms with Crippen LogP contribution in [0.5, 0.6) is 0 Å². The highest BCUT2D eigenvalue weighted by Gasteiger charge is 2.04. The number of hydrogen-bond acceptors (Lipinski definition) is 6. The average Bonchev–Trinajstić information content (AvgIpc) is 2.90. The number of nitrogens with zero attached hydrogens (tertiary/aromatic N) is 2. The van der Waals surface area contributed by atoms with Gasteiger partial charge in [0.25, 0.3) is 0 Å². The quantitative estimate of drug-likeness (QED) is 0.116. The first kappa shape index (κ1) is 36.7. The zero-order chi connectivity index (χ0) is 29.3. The van der Waals surface area contributed by atoms with Gasteiger partial charge in [0.2, 0.25) is 0 Å². The van der Waals surface area contributed by atoms with E-state index in [-0.39, 0.29) is 0 Å². The molecule has 0 N–H and O–H groups in total. The van der Waals surface area contributed by atoms with Crippen LogP contribution in [0.15, 0.2) is 36.9 Å². The maximum atomic E-state index is 5.64. The van der Waals surface area contributed by atoms with Crippen molar-refractivity contribution in [2.45, 2.75) is 40.8 Å². The lowest BCUT2D eigenvalue weighted by atomic mass is 10.2. The van der Waals surface area contributed by atoms with E-state index in [4.69, 9.17) is 51.6 Å². The number of pyridine rings is 2. The van der Waals surface area contributed by atoms with Gasteiger partial charge in [-0.3, -0.25) is 0 Å². The van der Waals surface area contributed by atoms with Crippen LogP contribution in [-0.4, -0.2) is 91.0 Å². The molecule has 0 aliphatic heterocycles. The smallest absolute Gasteiger partial charge is 0.171 e. The Bertz CT molecular complexity index is 781. The lowest BCUT2D eigenvalue weighted by molar-refractivity contribution is -0.699. The van der Waals surface area contributed by atoms with Gasteiger partial charge in [-0.15, -0.1) is 23.2 Å². The topological polar surface area (TPSA) is 63.1 Å². The molecule has 40 heavy (non-hydrogen) atoms. The van der Waals surface area contributed by atoms with Gasteiger partial charge >= 0.3 is 0 Å². The second kappa shape index (κ2) is 25.4. The normalized spacial score (nSPS) is 10.9. The van der Waals surface area contributed by atoms with Crippen LogP contribution in [0.25, 0.3) is 0 Å². The first-order valence-corrected chi connectivity index (χ1v) is 15.0. The Morgan fingerprint density at radius 2 is 0.675 bits per heavy atom. The summed E-state index contributed by atoms with van der Waals surface area (Å²) >= 11 is 10.8. The third kappa shape index (κ3) is 21.4. The SMILES string of the molecule is Cc1cc(C)c[n+](CCOCCOCCOCC[n+]2cc(C)cc(C)c2)c1.ClCCOCCOCCOCCCl. The molecule has 0 saturated heterocycles. The molecular formula is C30H50Cl2N2O6+2. The lowest BCUT2D eigenvalue weighted by Crippen LogP contribution is -2.36. The Morgan fingerprint density at radius 3 is 0.950 bits per heavy atom. The number of halogens is 2. The molecule has 0 aliphatic carbocycles. The molecule has 0 bridgehead atoms. The number of alkyl halides is 2. The summed E-state index contributed by atoms with van der Waals surface area (Å²) in [7, 11) is 0. The van der Waals surface area contributed by atoms with Gasteiger partial charge in [-0.2, -0.15) is 0 Å². The molecule has 0 radical (unpaired) electrons. The van der Waals surface area contributed by atoms with Crippen molar-refractivity contribution in [3.8, 4) is 0 Å². The number of hydrogen-bond donors (Lipinski definition) is 0. The minimum Gasteiger partial charge on any atom is -0.378 e. The van der Waals surface area contributed by atoms with Crippen molar-refractivity contribution in [3.05, 3.63) is 59.2 Å². The van der Waals surface area contributed by atoms with Crippen molar-refractivity contribution in [3.63, 3.8) is 0 Å². The first-order valence-electron chi connectivity index (χ1n) is 14.0. The van der Waals surface area contributed by atoms with Crippen LogP contribution in [0.1, 0.15) is 22.3 Å². The second-order valence-corrected chi connectivity index (χ2v) is 10.1. The minimum atomic E-state index is 0.527. The first-order chi connectivity index (χ1) is 19.4. The van der Waals surface area contributed by atoms with Crippen LogP contribution >= 0.6 is 23.2 Å². The van der Waals surface area contributed by atoms with Crippen LogP contribution in [-0.2, 0) is 41.5 Å². The van der Waals surface area contributed by atoms with Gasteiger partial charge in [0.1, 0.15) is 13.2 Å². The van der Waals surface area contributed by atoms with Crippen LogP contribution < -0.4 is 9.13 Å². The molecule has 2 aromatic rings. The molecule has 10 heteroatoms. The Balaban J connectivity index is 0.000000520. The molecule has 0 spiro atoms. The van der Waals surface area contributed by atoms with Crippen molar-refractivity contribution in [2.24, 2.45) is 0 Å². The van der Waals surface area contributed by atoms with E-state index >= 15 is 0 Å². The summed E-state index contributed by atoms with van der Waals surface area (Å²) in [4.78, 5) is 0. The Labute approximate surface area is 251 Å². The van der Waals surface area contributed by atoms with E-state index in [9.17, 15) is 0 Å². The highest BCUT2D eigenvalue weighted by Crippen LogP contribution is 1.98. The van der Waals surface area contributed by atoms with Gasteiger partial charge < -0.3 is 28.4 Å². The largest absolute Gasteiger partial charge is 0.378 e. The fourth-order valence-electron chi connectivity index (χ4n) is 3.78. The van der Waals surface area contributed by atoms with Crippen LogP contribution in [0, 0.1) is 27.7 Å². The van der Waals surface area contributed by atoms with Gasteiger partial charge in [-0.05, 0) is 39.8 Å². The molecule has 2 aromatic heterocycles. The highest BCUT2D eigenvalue weighted by atomic mass is 35.5. The van der Waals surface area contributed by atoms with E-state index in [0.717, 1.165) is 13.1 Å². The maximum absolute atomic E-state index is 5.64. The number of aryl methyl sites for hydroxylation is 4. The summed E-state index contributed by atoms with van der Waals surface area (Å²) in [5, 5.41) is 0. The van der Waals surface area contributed by atoms with E-state index < -0.39 is 0 Å². The predicted molar refractivity (Wildman–Crippen MR) is 159 cm³/mol. The number of ether oxygens (including phenoxy) is 6. The molecule has 2 rings (SSSR count). The standard InChI is InChI=1S/C22H34N2O3.C8H16Cl2O3/c1-19-13-20(2)16-23(15-19)5-7-25-9-11-27-12-10-26-8-6-24-17-21(3)14-22(4)18-24;9-1-3-11-5-7-13-8-6-12-4-2-10/h13-18H,5-12H2,1-4H3;1-8H2/q+2;. The van der Waals surface area contributed by atoms with Crippen molar-refractivity contribution < 1.29 is 37.6 Å². The van der Waals surface area contributed by atoms with E-state index in [1.165, 1.54) is 22.3 Å². The summed E-state index contributed by atoms with van der Waals surface area (Å²) in [5.41, 5.74) is 5.09. The van der Waals surface area contributed by atoms with Gasteiger partial charge in [0, 0.05) is 34.0 Å². The molecule has 228 valence electrons. The zero-order valence-corrected chi connectivity index (χ0v) is 26.4. The Hall–Kier alpha value is -1.36. The second-order valence-electron chi connectivity index (χ2n) is 9.31. The van der Waals surface area contributed by atoms with E-state index in [1.807, 2.05) is 0 Å². The van der Waals surface area contributed by atoms with Gasteiger partial charge in [0.15, 0.2) is 37.9 Å². The average molecular weight is 606 g/mol. The molecule has 0 aromatic carbocycles. The highest BCUT2D eigenvalue weighted by molar-refractivity contribution is 6.18. The molecule has 0 atom stereocenters. The van der Waals surface area contributed by atoms with Gasteiger partial charge in [0.05, 0.1) is 66.1 Å². The predicted octanol–water partition coefficient (Wildman–Crippen LogP) is 3.76. The van der Waals surface area contributed by atoms with Crippen LogP contribution in [0.3, 0.4) is 0 Å². The van der Waals surface area contributed by atoms with Gasteiger partial charge in [-0.1, -0.05) is 0 Å². The molecule has 0 saturated carbocycles. The molecule has 8 nitrogen and oxygen atoms in total.